The van der Waals surface area contributed by atoms with Crippen molar-refractivity contribution < 1.29 is 27.7 Å². The highest BCUT2D eigenvalue weighted by molar-refractivity contribution is 7.92. The molecule has 0 bridgehead atoms. The number of methoxy groups -OCH3 is 1. The molecule has 1 N–H and O–H groups in total. The van der Waals surface area contributed by atoms with Crippen molar-refractivity contribution in [3.8, 4) is 5.75 Å². The molecule has 1 aliphatic carbocycles. The molecule has 1 atom stereocenters. The Morgan fingerprint density at radius 3 is 2.24 bits per heavy atom. The molecule has 0 saturated heterocycles. The molecule has 240 valence electrons. The zero-order valence-corrected chi connectivity index (χ0v) is 26.9. The summed E-state index contributed by atoms with van der Waals surface area (Å²) in [6.07, 6.45) is 4.12. The van der Waals surface area contributed by atoms with E-state index in [2.05, 4.69) is 5.32 Å². The minimum atomic E-state index is -4.48. The van der Waals surface area contributed by atoms with Crippen LogP contribution in [0.4, 0.5) is 11.4 Å². The molecular weight excluding hydrogens is 596 g/mol. The van der Waals surface area contributed by atoms with Crippen LogP contribution in [0.5, 0.6) is 5.75 Å². The average molecular weight is 637 g/mol. The van der Waals surface area contributed by atoms with Crippen LogP contribution in [0, 0.1) is 24.0 Å². The number of hydrogen-bond donors (Lipinski definition) is 1. The highest BCUT2D eigenvalue weighted by Crippen LogP contribution is 2.30. The van der Waals surface area contributed by atoms with E-state index in [1.54, 1.807) is 12.1 Å². The molecule has 0 heterocycles. The van der Waals surface area contributed by atoms with Crippen LogP contribution in [0.25, 0.3) is 0 Å². The summed E-state index contributed by atoms with van der Waals surface area (Å²) < 4.78 is 34.5. The molecule has 2 amide bonds. The van der Waals surface area contributed by atoms with Crippen molar-refractivity contribution in [1.82, 2.24) is 10.2 Å². The number of sulfonamides is 1. The van der Waals surface area contributed by atoms with Crippen LogP contribution in [0.15, 0.2) is 71.6 Å². The maximum atomic E-state index is 14.3. The van der Waals surface area contributed by atoms with Gasteiger partial charge in [0.05, 0.1) is 22.6 Å². The summed E-state index contributed by atoms with van der Waals surface area (Å²) in [5.74, 6) is -0.396. The van der Waals surface area contributed by atoms with E-state index >= 15 is 0 Å². The van der Waals surface area contributed by atoms with Gasteiger partial charge < -0.3 is 15.0 Å². The van der Waals surface area contributed by atoms with E-state index < -0.39 is 33.4 Å². The van der Waals surface area contributed by atoms with E-state index in [1.807, 2.05) is 38.1 Å². The Hall–Kier alpha value is -4.45. The van der Waals surface area contributed by atoms with Crippen molar-refractivity contribution in [2.45, 2.75) is 76.4 Å². The van der Waals surface area contributed by atoms with Gasteiger partial charge in [-0.3, -0.25) is 24.0 Å². The van der Waals surface area contributed by atoms with Crippen molar-refractivity contribution in [2.75, 3.05) is 18.0 Å². The highest BCUT2D eigenvalue weighted by Gasteiger charge is 2.35. The monoisotopic (exact) mass is 636 g/mol. The van der Waals surface area contributed by atoms with Crippen molar-refractivity contribution in [1.29, 1.82) is 0 Å². The molecule has 1 fully saturated rings. The van der Waals surface area contributed by atoms with Crippen LogP contribution in [0.1, 0.15) is 55.7 Å². The fourth-order valence-corrected chi connectivity index (χ4v) is 6.96. The van der Waals surface area contributed by atoms with E-state index in [1.165, 1.54) is 43.2 Å². The predicted molar refractivity (Wildman–Crippen MR) is 172 cm³/mol. The molecule has 4 rings (SSSR count). The summed E-state index contributed by atoms with van der Waals surface area (Å²) >= 11 is 0. The average Bonchev–Trinajstić information content (AvgIpc) is 3.53. The number of carbonyl (C=O) groups excluding carboxylic acids is 2. The van der Waals surface area contributed by atoms with E-state index in [-0.39, 0.29) is 34.8 Å². The standard InChI is InChI=1S/C33H40N4O7S/c1-5-30(33(39)34-26-8-6-7-9-26)35(21-25-13-10-23(2)11-14-25)32(38)22-36(27-15-17-28(44-4)18-16-27)45(42,43)29-19-12-24(3)31(20-29)37(40)41/h10-20,26,30H,5-9,21-22H2,1-4H3,(H,34,39). The van der Waals surface area contributed by atoms with Gasteiger partial charge in [0.15, 0.2) is 0 Å². The zero-order chi connectivity index (χ0) is 32.7. The van der Waals surface area contributed by atoms with E-state index in [4.69, 9.17) is 4.74 Å². The second-order valence-electron chi connectivity index (χ2n) is 11.3. The van der Waals surface area contributed by atoms with Gasteiger partial charge in [0.2, 0.25) is 11.8 Å². The molecule has 3 aromatic carbocycles. The first-order chi connectivity index (χ1) is 21.4. The lowest BCUT2D eigenvalue weighted by Gasteiger charge is -2.33. The topological polar surface area (TPSA) is 139 Å². The third-order valence-electron chi connectivity index (χ3n) is 8.17. The number of nitro groups is 1. The van der Waals surface area contributed by atoms with E-state index in [0.717, 1.165) is 47.2 Å². The molecule has 3 aromatic rings. The van der Waals surface area contributed by atoms with Gasteiger partial charge in [-0.1, -0.05) is 55.7 Å². The summed E-state index contributed by atoms with van der Waals surface area (Å²) in [5.41, 5.74) is 1.92. The summed E-state index contributed by atoms with van der Waals surface area (Å²) in [5, 5.41) is 14.7. The summed E-state index contributed by atoms with van der Waals surface area (Å²) in [4.78, 5) is 40.0. The quantitative estimate of drug-likeness (QED) is 0.199. The first-order valence-electron chi connectivity index (χ1n) is 15.0. The second-order valence-corrected chi connectivity index (χ2v) is 13.2. The van der Waals surface area contributed by atoms with Crippen molar-refractivity contribution >= 4 is 33.2 Å². The lowest BCUT2D eigenvalue weighted by atomic mass is 10.1. The Morgan fingerprint density at radius 2 is 1.67 bits per heavy atom. The third kappa shape index (κ3) is 7.99. The van der Waals surface area contributed by atoms with Crippen molar-refractivity contribution in [3.63, 3.8) is 0 Å². The SMILES string of the molecule is CCC(C(=O)NC1CCCC1)N(Cc1ccc(C)cc1)C(=O)CN(c1ccc(OC)cc1)S(=O)(=O)c1ccc(C)c([N+](=O)[O-])c1. The number of anilines is 1. The van der Waals surface area contributed by atoms with Crippen LogP contribution in [0.3, 0.4) is 0 Å². The maximum Gasteiger partial charge on any atom is 0.273 e. The fraction of sp³-hybridized carbons (Fsp3) is 0.394. The van der Waals surface area contributed by atoms with Gasteiger partial charge in [0, 0.05) is 24.2 Å². The first kappa shape index (κ1) is 33.4. The molecule has 0 aliphatic heterocycles. The molecule has 11 nitrogen and oxygen atoms in total. The van der Waals surface area contributed by atoms with Gasteiger partial charge in [-0.15, -0.1) is 0 Å². The Balaban J connectivity index is 1.75. The number of nitrogens with one attached hydrogen (secondary N) is 1. The Morgan fingerprint density at radius 1 is 1.02 bits per heavy atom. The number of aryl methyl sites for hydroxylation is 2. The van der Waals surface area contributed by atoms with Gasteiger partial charge in [-0.25, -0.2) is 8.42 Å². The van der Waals surface area contributed by atoms with Gasteiger partial charge in [-0.2, -0.15) is 0 Å². The van der Waals surface area contributed by atoms with Crippen LogP contribution in [-0.2, 0) is 26.2 Å². The number of carbonyl (C=O) groups is 2. The first-order valence-corrected chi connectivity index (χ1v) is 16.5. The zero-order valence-electron chi connectivity index (χ0n) is 26.1. The van der Waals surface area contributed by atoms with E-state index in [9.17, 15) is 28.1 Å². The molecule has 1 saturated carbocycles. The highest BCUT2D eigenvalue weighted by atomic mass is 32.2. The molecule has 45 heavy (non-hydrogen) atoms. The number of hydrogen-bond acceptors (Lipinski definition) is 7. The van der Waals surface area contributed by atoms with Gasteiger partial charge >= 0.3 is 0 Å². The maximum absolute atomic E-state index is 14.3. The molecule has 12 heteroatoms. The summed E-state index contributed by atoms with van der Waals surface area (Å²) in [6, 6.07) is 16.5. The van der Waals surface area contributed by atoms with Crippen LogP contribution < -0.4 is 14.4 Å². The molecule has 0 aromatic heterocycles. The van der Waals surface area contributed by atoms with Crippen LogP contribution in [0.2, 0.25) is 0 Å². The largest absolute Gasteiger partial charge is 0.497 e. The summed E-state index contributed by atoms with van der Waals surface area (Å²) in [6.45, 7) is 4.72. The smallest absolute Gasteiger partial charge is 0.273 e. The van der Waals surface area contributed by atoms with E-state index in [0.29, 0.717) is 17.7 Å². The third-order valence-corrected chi connectivity index (χ3v) is 9.94. The molecule has 1 unspecified atom stereocenters. The fourth-order valence-electron chi connectivity index (χ4n) is 5.53. The molecule has 0 spiro atoms. The number of benzene rings is 3. The minimum Gasteiger partial charge on any atom is -0.497 e. The molecule has 1 aliphatic rings. The number of rotatable bonds is 13. The molecular formula is C33H40N4O7S. The second kappa shape index (κ2) is 14.6. The van der Waals surface area contributed by atoms with Gasteiger partial charge in [0.1, 0.15) is 18.3 Å². The normalized spacial score (nSPS) is 14.0. The van der Waals surface area contributed by atoms with Crippen LogP contribution >= 0.6 is 0 Å². The van der Waals surface area contributed by atoms with Crippen molar-refractivity contribution in [3.05, 3.63) is 93.5 Å². The van der Waals surface area contributed by atoms with Gasteiger partial charge in [0.25, 0.3) is 15.7 Å². The number of nitro benzene ring substituents is 1. The number of nitrogens with zero attached hydrogens (tertiary/aromatic N) is 3. The van der Waals surface area contributed by atoms with Crippen LogP contribution in [-0.4, -0.2) is 55.8 Å². The van der Waals surface area contributed by atoms with Gasteiger partial charge in [-0.05, 0) is 69.0 Å². The number of ether oxygens (including phenoxy) is 1. The Kier molecular flexibility index (Phi) is 10.8. The lowest BCUT2D eigenvalue weighted by molar-refractivity contribution is -0.385. The minimum absolute atomic E-state index is 0.0383. The Bertz CT molecular complexity index is 1620. The lowest BCUT2D eigenvalue weighted by Crippen LogP contribution is -2.53. The molecule has 0 radical (unpaired) electrons. The summed E-state index contributed by atoms with van der Waals surface area (Å²) in [7, 11) is -3.01. The predicted octanol–water partition coefficient (Wildman–Crippen LogP) is 5.28. The van der Waals surface area contributed by atoms with Crippen molar-refractivity contribution in [2.24, 2.45) is 0 Å². The Labute approximate surface area is 264 Å². The number of amides is 2.